The maximum Gasteiger partial charge on any atom is 0.229 e. The fraction of sp³-hybridized carbons (Fsp3) is 0.516. The number of ether oxygens (including phenoxy) is 8. The predicted octanol–water partition coefficient (Wildman–Crippen LogP) is -1.80. The predicted molar refractivity (Wildman–Crippen MR) is 163 cm³/mol. The van der Waals surface area contributed by atoms with Gasteiger partial charge in [0.2, 0.25) is 17.5 Å². The van der Waals surface area contributed by atoms with E-state index in [4.69, 9.17) is 42.3 Å². The van der Waals surface area contributed by atoms with Crippen LogP contribution in [0.15, 0.2) is 33.7 Å². The Bertz CT molecular complexity index is 1670. The molecule has 0 radical (unpaired) electrons. The van der Waals surface area contributed by atoms with Crippen LogP contribution < -0.4 is 29.1 Å². The number of phenols is 1. The van der Waals surface area contributed by atoms with Crippen LogP contribution >= 0.6 is 0 Å². The zero-order valence-corrected chi connectivity index (χ0v) is 26.7. The van der Waals surface area contributed by atoms with Crippen molar-refractivity contribution >= 4 is 11.0 Å². The van der Waals surface area contributed by atoms with Gasteiger partial charge < -0.3 is 83.2 Å². The summed E-state index contributed by atoms with van der Waals surface area (Å²) in [4.78, 5) is 13.8. The first-order valence-electron chi connectivity index (χ1n) is 14.8. The molecule has 0 amide bonds. The van der Waals surface area contributed by atoms with Crippen LogP contribution in [-0.4, -0.2) is 144 Å². The van der Waals surface area contributed by atoms with Crippen molar-refractivity contribution in [1.82, 2.24) is 0 Å². The summed E-state index contributed by atoms with van der Waals surface area (Å²) in [5.74, 6) is -0.251. The van der Waals surface area contributed by atoms with E-state index in [0.29, 0.717) is 11.5 Å². The highest BCUT2D eigenvalue weighted by Gasteiger charge is 2.48. The summed E-state index contributed by atoms with van der Waals surface area (Å²) in [6, 6.07) is 4.01. The standard InChI is InChI=1S/C31H38O18/c1-41-14-7-16(43-3)15(42-2)5-11(14)12-9-45-29-20(21(12)34)13(33)6-17(28(29)44-4)47-31-27(40)25(38)23(36)19(49-31)10-46-30-26(39)24(37)22(35)18(8-32)48-30/h5-7,9,18-19,22-27,30-33,35-40H,8,10H2,1-4H3/t18-,19-,22-,23-,24+,25+,26-,27-,30-,31-/m1/s1. The van der Waals surface area contributed by atoms with E-state index in [1.807, 2.05) is 0 Å². The van der Waals surface area contributed by atoms with Gasteiger partial charge in [0.05, 0.1) is 47.2 Å². The quantitative estimate of drug-likeness (QED) is 0.110. The molecule has 10 atom stereocenters. The Morgan fingerprint density at radius 2 is 1.27 bits per heavy atom. The van der Waals surface area contributed by atoms with Crippen LogP contribution in [0.4, 0.5) is 0 Å². The Hall–Kier alpha value is -3.95. The maximum atomic E-state index is 13.8. The van der Waals surface area contributed by atoms with Crippen LogP contribution in [0.2, 0.25) is 0 Å². The van der Waals surface area contributed by atoms with Crippen LogP contribution in [-0.2, 0) is 14.2 Å². The number of phenolic OH excluding ortho intramolecular Hbond substituents is 1. The second-order valence-electron chi connectivity index (χ2n) is 11.2. The lowest BCUT2D eigenvalue weighted by molar-refractivity contribution is -0.323. The third-order valence-corrected chi connectivity index (χ3v) is 8.33. The van der Waals surface area contributed by atoms with E-state index in [9.17, 15) is 45.6 Å². The third kappa shape index (κ3) is 6.67. The van der Waals surface area contributed by atoms with Gasteiger partial charge in [-0.15, -0.1) is 0 Å². The molecule has 18 nitrogen and oxygen atoms in total. The van der Waals surface area contributed by atoms with Gasteiger partial charge in [-0.1, -0.05) is 0 Å². The summed E-state index contributed by atoms with van der Waals surface area (Å²) in [6.07, 6.45) is -15.5. The Labute approximate surface area is 277 Å². The number of rotatable bonds is 11. The van der Waals surface area contributed by atoms with Gasteiger partial charge in [0.25, 0.3) is 0 Å². The van der Waals surface area contributed by atoms with E-state index >= 15 is 0 Å². The molecule has 8 N–H and O–H groups in total. The fourth-order valence-corrected chi connectivity index (χ4v) is 5.62. The second-order valence-corrected chi connectivity index (χ2v) is 11.2. The normalized spacial score (nSPS) is 30.2. The number of benzene rings is 2. The smallest absolute Gasteiger partial charge is 0.229 e. The van der Waals surface area contributed by atoms with Crippen LogP contribution in [0.5, 0.6) is 34.5 Å². The molecular weight excluding hydrogens is 660 g/mol. The molecule has 0 spiro atoms. The summed E-state index contributed by atoms with van der Waals surface area (Å²) in [6.45, 7) is -1.31. The average Bonchev–Trinajstić information content (AvgIpc) is 3.10. The first-order valence-corrected chi connectivity index (χ1v) is 14.8. The van der Waals surface area contributed by atoms with Crippen molar-refractivity contribution in [3.8, 4) is 45.6 Å². The monoisotopic (exact) mass is 698 g/mol. The minimum absolute atomic E-state index is 0.0123. The van der Waals surface area contributed by atoms with E-state index < -0.39 is 85.8 Å². The molecule has 2 saturated heterocycles. The SMILES string of the molecule is COc1cc(OC)c(-c2coc3c(OC)c(O[C@@H]4O[C@H](CO[C@@H]5O[C@H](CO)[C@@H](O)[C@H](O)[C@H]5O)[C@@H](O)[C@H](O)[C@H]4O)cc(O)c3c2=O)cc1OC. The zero-order valence-electron chi connectivity index (χ0n) is 26.7. The van der Waals surface area contributed by atoms with Gasteiger partial charge >= 0.3 is 0 Å². The molecule has 0 aliphatic carbocycles. The van der Waals surface area contributed by atoms with E-state index in [2.05, 4.69) is 0 Å². The van der Waals surface area contributed by atoms with Gasteiger partial charge in [0, 0.05) is 17.7 Å². The first-order chi connectivity index (χ1) is 23.4. The molecule has 0 saturated carbocycles. The van der Waals surface area contributed by atoms with Crippen molar-refractivity contribution in [2.45, 2.75) is 61.4 Å². The fourth-order valence-electron chi connectivity index (χ4n) is 5.62. The Morgan fingerprint density at radius 1 is 0.673 bits per heavy atom. The summed E-state index contributed by atoms with van der Waals surface area (Å²) < 4.78 is 49.5. The number of aromatic hydroxyl groups is 1. The largest absolute Gasteiger partial charge is 0.507 e. The number of hydrogen-bond acceptors (Lipinski definition) is 18. The molecule has 2 aliphatic heterocycles. The first kappa shape index (κ1) is 36.3. The molecule has 2 aliphatic rings. The molecule has 3 heterocycles. The van der Waals surface area contributed by atoms with Crippen molar-refractivity contribution in [3.63, 3.8) is 0 Å². The van der Waals surface area contributed by atoms with Gasteiger partial charge in [0.15, 0.2) is 29.1 Å². The molecule has 0 unspecified atom stereocenters. The van der Waals surface area contributed by atoms with E-state index in [0.717, 1.165) is 12.3 Å². The van der Waals surface area contributed by atoms with Crippen LogP contribution in [0, 0.1) is 0 Å². The lowest BCUT2D eigenvalue weighted by Gasteiger charge is -2.42. The Morgan fingerprint density at radius 3 is 1.88 bits per heavy atom. The van der Waals surface area contributed by atoms with Gasteiger partial charge in [0.1, 0.15) is 72.0 Å². The molecule has 1 aromatic heterocycles. The molecule has 2 fully saturated rings. The third-order valence-electron chi connectivity index (χ3n) is 8.33. The van der Waals surface area contributed by atoms with Crippen LogP contribution in [0.1, 0.15) is 0 Å². The molecule has 3 aromatic rings. The molecule has 5 rings (SSSR count). The second kappa shape index (κ2) is 14.9. The minimum atomic E-state index is -1.87. The van der Waals surface area contributed by atoms with E-state index in [1.165, 1.54) is 40.6 Å². The Kier molecular flexibility index (Phi) is 11.0. The Balaban J connectivity index is 1.43. The number of methoxy groups -OCH3 is 4. The van der Waals surface area contributed by atoms with Crippen molar-refractivity contribution in [1.29, 1.82) is 0 Å². The van der Waals surface area contributed by atoms with Gasteiger partial charge in [-0.25, -0.2) is 0 Å². The minimum Gasteiger partial charge on any atom is -0.507 e. The highest BCUT2D eigenvalue weighted by Crippen LogP contribution is 2.44. The molecule has 49 heavy (non-hydrogen) atoms. The summed E-state index contributed by atoms with van der Waals surface area (Å²) >= 11 is 0. The molecule has 18 heteroatoms. The maximum absolute atomic E-state index is 13.8. The number of hydrogen-bond donors (Lipinski definition) is 8. The van der Waals surface area contributed by atoms with E-state index in [1.54, 1.807) is 0 Å². The van der Waals surface area contributed by atoms with Crippen molar-refractivity contribution < 1.29 is 83.2 Å². The van der Waals surface area contributed by atoms with Crippen LogP contribution in [0.3, 0.4) is 0 Å². The molecule has 270 valence electrons. The van der Waals surface area contributed by atoms with Crippen molar-refractivity contribution in [2.75, 3.05) is 41.7 Å². The topological polar surface area (TPSA) is 266 Å². The lowest BCUT2D eigenvalue weighted by atomic mass is 9.98. The van der Waals surface area contributed by atoms with Gasteiger partial charge in [-0.2, -0.15) is 0 Å². The summed E-state index contributed by atoms with van der Waals surface area (Å²) in [5, 5.41) is 82.3. The number of aliphatic hydroxyl groups is 7. The molecule has 0 bridgehead atoms. The van der Waals surface area contributed by atoms with Gasteiger partial charge in [-0.3, -0.25) is 4.79 Å². The zero-order chi connectivity index (χ0) is 35.7. The summed E-state index contributed by atoms with van der Waals surface area (Å²) in [7, 11) is 5.46. The molecular formula is C31H38O18. The van der Waals surface area contributed by atoms with Crippen molar-refractivity contribution in [3.05, 3.63) is 34.7 Å². The van der Waals surface area contributed by atoms with Crippen molar-refractivity contribution in [2.24, 2.45) is 0 Å². The highest BCUT2D eigenvalue weighted by molar-refractivity contribution is 5.93. The van der Waals surface area contributed by atoms with E-state index in [-0.39, 0.29) is 39.3 Å². The number of aliphatic hydroxyl groups excluding tert-OH is 7. The van der Waals surface area contributed by atoms with Crippen LogP contribution in [0.25, 0.3) is 22.1 Å². The lowest BCUT2D eigenvalue weighted by Crippen LogP contribution is -2.62. The number of fused-ring (bicyclic) bond motifs is 1. The molecule has 2 aromatic carbocycles. The summed E-state index contributed by atoms with van der Waals surface area (Å²) in [5.41, 5.74) is -0.689. The van der Waals surface area contributed by atoms with Gasteiger partial charge in [-0.05, 0) is 6.07 Å². The average molecular weight is 699 g/mol. The highest BCUT2D eigenvalue weighted by atomic mass is 16.7.